The predicted molar refractivity (Wildman–Crippen MR) is 131 cm³/mol. The van der Waals surface area contributed by atoms with E-state index in [0.29, 0.717) is 5.92 Å². The van der Waals surface area contributed by atoms with Crippen LogP contribution in [0.3, 0.4) is 0 Å². The lowest BCUT2D eigenvalue weighted by Crippen LogP contribution is -2.25. The van der Waals surface area contributed by atoms with Crippen molar-refractivity contribution >= 4 is 11.0 Å². The Bertz CT molecular complexity index is 1240. The van der Waals surface area contributed by atoms with Gasteiger partial charge in [0.2, 0.25) is 0 Å². The Hall–Kier alpha value is -3.03. The Labute approximate surface area is 199 Å². The molecule has 34 heavy (non-hydrogen) atoms. The van der Waals surface area contributed by atoms with Gasteiger partial charge in [0.15, 0.2) is 11.6 Å². The average molecular weight is 458 g/mol. The number of rotatable bonds is 6. The third-order valence-corrected chi connectivity index (χ3v) is 7.00. The number of hydrogen-bond acceptors (Lipinski definition) is 5. The maximum atomic E-state index is 6.03. The van der Waals surface area contributed by atoms with E-state index in [0.717, 1.165) is 86.8 Å². The van der Waals surface area contributed by atoms with E-state index in [1.165, 1.54) is 12.0 Å². The van der Waals surface area contributed by atoms with Gasteiger partial charge in [0, 0.05) is 37.8 Å². The molecule has 4 heterocycles. The molecule has 7 heteroatoms. The van der Waals surface area contributed by atoms with Gasteiger partial charge in [-0.25, -0.2) is 14.6 Å². The average Bonchev–Trinajstić information content (AvgIpc) is 3.50. The van der Waals surface area contributed by atoms with Gasteiger partial charge in [-0.2, -0.15) is 5.10 Å². The molecular weight excluding hydrogens is 426 g/mol. The van der Waals surface area contributed by atoms with E-state index in [1.54, 1.807) is 0 Å². The van der Waals surface area contributed by atoms with E-state index in [2.05, 4.69) is 51.7 Å². The molecule has 1 unspecified atom stereocenters. The molecule has 0 spiro atoms. The molecule has 176 valence electrons. The Morgan fingerprint density at radius 2 is 1.82 bits per heavy atom. The minimum absolute atomic E-state index is 0.200. The molecule has 0 N–H and O–H groups in total. The van der Waals surface area contributed by atoms with Crippen LogP contribution >= 0.6 is 0 Å². The Balaban J connectivity index is 1.32. The summed E-state index contributed by atoms with van der Waals surface area (Å²) < 4.78 is 15.9. The SMILES string of the molecule is c1ccc(Cn2cnc3cc(-c4nc(C5CCOCC5)nn4CC4CCCCO4)ccc32)cc1. The van der Waals surface area contributed by atoms with Gasteiger partial charge in [-0.05, 0) is 55.9 Å². The fraction of sp³-hybridized carbons (Fsp3) is 0.444. The summed E-state index contributed by atoms with van der Waals surface area (Å²) in [5.41, 5.74) is 4.42. The van der Waals surface area contributed by atoms with Crippen molar-refractivity contribution in [3.63, 3.8) is 0 Å². The Kier molecular flexibility index (Phi) is 6.12. The predicted octanol–water partition coefficient (Wildman–Crippen LogP) is 4.81. The van der Waals surface area contributed by atoms with Crippen molar-refractivity contribution in [1.82, 2.24) is 24.3 Å². The van der Waals surface area contributed by atoms with Gasteiger partial charge < -0.3 is 14.0 Å². The molecule has 0 amide bonds. The molecule has 0 aliphatic carbocycles. The van der Waals surface area contributed by atoms with Crippen molar-refractivity contribution in [2.75, 3.05) is 19.8 Å². The lowest BCUT2D eigenvalue weighted by atomic mass is 10.00. The molecule has 2 aromatic carbocycles. The van der Waals surface area contributed by atoms with Crippen molar-refractivity contribution in [2.24, 2.45) is 0 Å². The molecule has 0 radical (unpaired) electrons. The number of aromatic nitrogens is 5. The van der Waals surface area contributed by atoms with Gasteiger partial charge in [0.05, 0.1) is 30.0 Å². The van der Waals surface area contributed by atoms with Gasteiger partial charge in [0.1, 0.15) is 0 Å². The van der Waals surface area contributed by atoms with E-state index < -0.39 is 0 Å². The summed E-state index contributed by atoms with van der Waals surface area (Å²) in [5, 5.41) is 4.99. The molecule has 1 atom stereocenters. The Morgan fingerprint density at radius 3 is 2.65 bits per heavy atom. The number of hydrogen-bond donors (Lipinski definition) is 0. The van der Waals surface area contributed by atoms with Gasteiger partial charge in [-0.1, -0.05) is 30.3 Å². The fourth-order valence-electron chi connectivity index (χ4n) is 5.08. The molecule has 2 fully saturated rings. The second-order valence-corrected chi connectivity index (χ2v) is 9.41. The number of fused-ring (bicyclic) bond motifs is 1. The van der Waals surface area contributed by atoms with Crippen LogP contribution in [-0.4, -0.2) is 50.2 Å². The molecular formula is C27H31N5O2. The highest BCUT2D eigenvalue weighted by molar-refractivity contribution is 5.80. The highest BCUT2D eigenvalue weighted by atomic mass is 16.5. The largest absolute Gasteiger partial charge is 0.381 e. The molecule has 2 aliphatic heterocycles. The second-order valence-electron chi connectivity index (χ2n) is 9.41. The summed E-state index contributed by atoms with van der Waals surface area (Å²) in [6.07, 6.45) is 7.52. The Morgan fingerprint density at radius 1 is 0.941 bits per heavy atom. The standard InChI is InChI=1S/C27H31N5O2/c1-2-6-20(7-3-1)17-31-19-28-24-16-22(9-10-25(24)31)27-29-26(21-11-14-33-15-12-21)30-32(27)18-23-8-4-5-13-34-23/h1-3,6-7,9-10,16,19,21,23H,4-5,8,11-15,17-18H2. The minimum Gasteiger partial charge on any atom is -0.381 e. The van der Waals surface area contributed by atoms with Crippen molar-refractivity contribution in [3.05, 3.63) is 66.2 Å². The maximum Gasteiger partial charge on any atom is 0.158 e. The van der Waals surface area contributed by atoms with E-state index >= 15 is 0 Å². The van der Waals surface area contributed by atoms with Crippen molar-refractivity contribution in [1.29, 1.82) is 0 Å². The minimum atomic E-state index is 0.200. The quantitative estimate of drug-likeness (QED) is 0.416. The molecule has 2 saturated heterocycles. The number of ether oxygens (including phenoxy) is 2. The van der Waals surface area contributed by atoms with Crippen LogP contribution in [0.2, 0.25) is 0 Å². The lowest BCUT2D eigenvalue weighted by molar-refractivity contribution is 0.00411. The van der Waals surface area contributed by atoms with Crippen LogP contribution in [0.5, 0.6) is 0 Å². The lowest BCUT2D eigenvalue weighted by Gasteiger charge is -2.23. The zero-order valence-corrected chi connectivity index (χ0v) is 19.5. The van der Waals surface area contributed by atoms with Gasteiger partial charge in [0.25, 0.3) is 0 Å². The molecule has 0 bridgehead atoms. The summed E-state index contributed by atoms with van der Waals surface area (Å²) in [7, 11) is 0. The van der Waals surface area contributed by atoms with Crippen molar-refractivity contribution in [3.8, 4) is 11.4 Å². The number of nitrogens with zero attached hydrogens (tertiary/aromatic N) is 5. The third-order valence-electron chi connectivity index (χ3n) is 7.00. The topological polar surface area (TPSA) is 67.0 Å². The van der Waals surface area contributed by atoms with Crippen molar-refractivity contribution < 1.29 is 9.47 Å². The zero-order chi connectivity index (χ0) is 22.7. The van der Waals surface area contributed by atoms with Crippen LogP contribution in [0.25, 0.3) is 22.4 Å². The van der Waals surface area contributed by atoms with Crippen LogP contribution in [0.1, 0.15) is 49.4 Å². The summed E-state index contributed by atoms with van der Waals surface area (Å²) >= 11 is 0. The van der Waals surface area contributed by atoms with Crippen molar-refractivity contribution in [2.45, 2.75) is 57.2 Å². The van der Waals surface area contributed by atoms with Gasteiger partial charge in [-0.3, -0.25) is 0 Å². The van der Waals surface area contributed by atoms with Crippen LogP contribution < -0.4 is 0 Å². The summed E-state index contributed by atoms with van der Waals surface area (Å²) in [6.45, 7) is 3.95. The first-order chi connectivity index (χ1) is 16.8. The van der Waals surface area contributed by atoms with Crippen LogP contribution in [-0.2, 0) is 22.6 Å². The molecule has 2 aromatic heterocycles. The summed E-state index contributed by atoms with van der Waals surface area (Å²) in [5.74, 6) is 2.20. The first kappa shape index (κ1) is 21.5. The van der Waals surface area contributed by atoms with Crippen LogP contribution in [0.4, 0.5) is 0 Å². The first-order valence-corrected chi connectivity index (χ1v) is 12.5. The molecule has 2 aliphatic rings. The monoisotopic (exact) mass is 457 g/mol. The van der Waals surface area contributed by atoms with E-state index in [9.17, 15) is 0 Å². The number of benzene rings is 2. The summed E-state index contributed by atoms with van der Waals surface area (Å²) in [6, 6.07) is 16.9. The number of imidazole rings is 1. The van der Waals surface area contributed by atoms with Crippen LogP contribution in [0, 0.1) is 0 Å². The second kappa shape index (κ2) is 9.68. The highest BCUT2D eigenvalue weighted by Gasteiger charge is 2.25. The molecule has 7 nitrogen and oxygen atoms in total. The van der Waals surface area contributed by atoms with Gasteiger partial charge >= 0.3 is 0 Å². The first-order valence-electron chi connectivity index (χ1n) is 12.5. The molecule has 0 saturated carbocycles. The summed E-state index contributed by atoms with van der Waals surface area (Å²) in [4.78, 5) is 9.76. The van der Waals surface area contributed by atoms with E-state index in [4.69, 9.17) is 24.5 Å². The fourth-order valence-corrected chi connectivity index (χ4v) is 5.08. The molecule has 4 aromatic rings. The third kappa shape index (κ3) is 4.50. The normalized spacial score (nSPS) is 19.6. The van der Waals surface area contributed by atoms with Crippen LogP contribution in [0.15, 0.2) is 54.9 Å². The zero-order valence-electron chi connectivity index (χ0n) is 19.5. The van der Waals surface area contributed by atoms with E-state index in [1.807, 2.05) is 12.4 Å². The maximum absolute atomic E-state index is 6.03. The smallest absolute Gasteiger partial charge is 0.158 e. The molecule has 6 rings (SSSR count). The van der Waals surface area contributed by atoms with Gasteiger partial charge in [-0.15, -0.1) is 0 Å². The van der Waals surface area contributed by atoms with E-state index in [-0.39, 0.29) is 6.10 Å². The highest BCUT2D eigenvalue weighted by Crippen LogP contribution is 2.29.